The zero-order chi connectivity index (χ0) is 18.4. The quantitative estimate of drug-likeness (QED) is 0.700. The van der Waals surface area contributed by atoms with E-state index in [1.807, 2.05) is 27.7 Å². The average molecular weight is 355 g/mol. The number of carbonyl (C=O) groups excluding carboxylic acids is 2. The van der Waals surface area contributed by atoms with Crippen LogP contribution in [0.4, 0.5) is 5.69 Å². The average Bonchev–Trinajstić information content (AvgIpc) is 2.43. The van der Waals surface area contributed by atoms with Gasteiger partial charge in [-0.1, -0.05) is 39.3 Å². The lowest BCUT2D eigenvalue weighted by atomic mass is 10.0. The standard InChI is InChI=1S/C17H23ClN2O4/c1-9(2)7-14(21)20-15(10(3)4)16(22)19-11-5-6-12(17(23)24)13(18)8-11/h5-6,8-10,15H,7H2,1-4H3,(H,19,22)(H,20,21)(H,23,24). The molecule has 24 heavy (non-hydrogen) atoms. The first-order valence-corrected chi connectivity index (χ1v) is 8.12. The molecule has 0 heterocycles. The van der Waals surface area contributed by atoms with Crippen molar-refractivity contribution in [3.05, 3.63) is 28.8 Å². The normalized spacial score (nSPS) is 12.1. The molecule has 6 nitrogen and oxygen atoms in total. The van der Waals surface area contributed by atoms with Gasteiger partial charge in [-0.15, -0.1) is 0 Å². The molecule has 1 rings (SSSR count). The second-order valence-corrected chi connectivity index (χ2v) is 6.78. The summed E-state index contributed by atoms with van der Waals surface area (Å²) in [6.07, 6.45) is 0.343. The highest BCUT2D eigenvalue weighted by Crippen LogP contribution is 2.21. The zero-order valence-corrected chi connectivity index (χ0v) is 15.0. The minimum atomic E-state index is -1.14. The summed E-state index contributed by atoms with van der Waals surface area (Å²) in [5.74, 6) is -1.60. The van der Waals surface area contributed by atoms with Gasteiger partial charge < -0.3 is 15.7 Å². The van der Waals surface area contributed by atoms with Crippen molar-refractivity contribution in [2.75, 3.05) is 5.32 Å². The molecule has 1 unspecified atom stereocenters. The molecule has 1 aromatic carbocycles. The maximum Gasteiger partial charge on any atom is 0.337 e. The minimum Gasteiger partial charge on any atom is -0.478 e. The van der Waals surface area contributed by atoms with Crippen LogP contribution in [0.3, 0.4) is 0 Å². The Balaban J connectivity index is 2.84. The van der Waals surface area contributed by atoms with E-state index in [1.54, 1.807) is 0 Å². The Morgan fingerprint density at radius 2 is 1.79 bits per heavy atom. The summed E-state index contributed by atoms with van der Waals surface area (Å²) in [5, 5.41) is 14.4. The lowest BCUT2D eigenvalue weighted by molar-refractivity contribution is -0.127. The molecule has 1 aromatic rings. The summed E-state index contributed by atoms with van der Waals surface area (Å²) in [5.41, 5.74) is 0.332. The Morgan fingerprint density at radius 1 is 1.17 bits per heavy atom. The van der Waals surface area contributed by atoms with E-state index in [-0.39, 0.29) is 34.2 Å². The van der Waals surface area contributed by atoms with Crippen molar-refractivity contribution < 1.29 is 19.5 Å². The zero-order valence-electron chi connectivity index (χ0n) is 14.2. The number of halogens is 1. The van der Waals surface area contributed by atoms with Crippen LogP contribution in [0.25, 0.3) is 0 Å². The second-order valence-electron chi connectivity index (χ2n) is 6.38. The van der Waals surface area contributed by atoms with Crippen LogP contribution in [0.5, 0.6) is 0 Å². The van der Waals surface area contributed by atoms with Gasteiger partial charge in [0.05, 0.1) is 10.6 Å². The van der Waals surface area contributed by atoms with Crippen LogP contribution in [0.1, 0.15) is 44.5 Å². The molecule has 0 bridgehead atoms. The molecule has 0 aromatic heterocycles. The van der Waals surface area contributed by atoms with Crippen LogP contribution in [0.2, 0.25) is 5.02 Å². The molecule has 7 heteroatoms. The van der Waals surface area contributed by atoms with Gasteiger partial charge >= 0.3 is 5.97 Å². The van der Waals surface area contributed by atoms with E-state index < -0.39 is 12.0 Å². The Labute approximate surface area is 146 Å². The van der Waals surface area contributed by atoms with E-state index in [0.29, 0.717) is 12.1 Å². The van der Waals surface area contributed by atoms with Crippen LogP contribution in [-0.4, -0.2) is 28.9 Å². The van der Waals surface area contributed by atoms with E-state index in [1.165, 1.54) is 18.2 Å². The van der Waals surface area contributed by atoms with Gasteiger partial charge in [0.25, 0.3) is 0 Å². The fraction of sp³-hybridized carbons (Fsp3) is 0.471. The Kier molecular flexibility index (Phi) is 7.22. The van der Waals surface area contributed by atoms with E-state index in [4.69, 9.17) is 16.7 Å². The smallest absolute Gasteiger partial charge is 0.337 e. The predicted octanol–water partition coefficient (Wildman–Crippen LogP) is 3.16. The van der Waals surface area contributed by atoms with Crippen LogP contribution in [-0.2, 0) is 9.59 Å². The maximum absolute atomic E-state index is 12.4. The van der Waals surface area contributed by atoms with Crippen LogP contribution < -0.4 is 10.6 Å². The van der Waals surface area contributed by atoms with Gasteiger partial charge in [-0.2, -0.15) is 0 Å². The van der Waals surface area contributed by atoms with Gasteiger partial charge in [-0.05, 0) is 30.0 Å². The minimum absolute atomic E-state index is 0.0326. The monoisotopic (exact) mass is 354 g/mol. The summed E-state index contributed by atoms with van der Waals surface area (Å²) < 4.78 is 0. The third kappa shape index (κ3) is 5.85. The van der Waals surface area contributed by atoms with Crippen LogP contribution in [0, 0.1) is 11.8 Å². The van der Waals surface area contributed by atoms with Crippen molar-refractivity contribution in [2.24, 2.45) is 11.8 Å². The molecule has 0 saturated carbocycles. The number of benzene rings is 1. The van der Waals surface area contributed by atoms with Crippen LogP contribution >= 0.6 is 11.6 Å². The molecule has 0 radical (unpaired) electrons. The topological polar surface area (TPSA) is 95.5 Å². The Hall–Kier alpha value is -2.08. The molecule has 1 atom stereocenters. The molecule has 3 N–H and O–H groups in total. The first-order valence-electron chi connectivity index (χ1n) is 7.74. The fourth-order valence-corrected chi connectivity index (χ4v) is 2.39. The molecule has 0 aliphatic carbocycles. The maximum atomic E-state index is 12.4. The summed E-state index contributed by atoms with van der Waals surface area (Å²) in [6.45, 7) is 7.52. The van der Waals surface area contributed by atoms with Crippen molar-refractivity contribution in [3.8, 4) is 0 Å². The van der Waals surface area contributed by atoms with Crippen molar-refractivity contribution >= 4 is 35.1 Å². The summed E-state index contributed by atoms with van der Waals surface area (Å²) in [4.78, 5) is 35.3. The van der Waals surface area contributed by atoms with Gasteiger partial charge in [-0.3, -0.25) is 9.59 Å². The second kappa shape index (κ2) is 8.68. The van der Waals surface area contributed by atoms with E-state index in [2.05, 4.69) is 10.6 Å². The molecular weight excluding hydrogens is 332 g/mol. The molecule has 0 saturated heterocycles. The van der Waals surface area contributed by atoms with E-state index in [9.17, 15) is 14.4 Å². The lowest BCUT2D eigenvalue weighted by Gasteiger charge is -2.22. The van der Waals surface area contributed by atoms with Gasteiger partial charge in [0.1, 0.15) is 6.04 Å². The summed E-state index contributed by atoms with van der Waals surface area (Å²) in [6, 6.07) is 3.47. The first kappa shape index (κ1) is 20.0. The molecule has 0 spiro atoms. The first-order chi connectivity index (χ1) is 11.1. The highest BCUT2D eigenvalue weighted by atomic mass is 35.5. The predicted molar refractivity (Wildman–Crippen MR) is 93.3 cm³/mol. The molecule has 0 aliphatic rings. The summed E-state index contributed by atoms with van der Waals surface area (Å²) in [7, 11) is 0. The molecule has 132 valence electrons. The number of carboxylic acid groups (broad SMARTS) is 1. The van der Waals surface area contributed by atoms with Crippen molar-refractivity contribution in [1.82, 2.24) is 5.32 Å². The number of aromatic carboxylic acids is 1. The van der Waals surface area contributed by atoms with Crippen molar-refractivity contribution in [2.45, 2.75) is 40.2 Å². The number of hydrogen-bond donors (Lipinski definition) is 3. The van der Waals surface area contributed by atoms with Gasteiger partial charge in [0, 0.05) is 12.1 Å². The lowest BCUT2D eigenvalue weighted by Crippen LogP contribution is -2.47. The van der Waals surface area contributed by atoms with Gasteiger partial charge in [0.15, 0.2) is 0 Å². The number of anilines is 1. The molecule has 0 aliphatic heterocycles. The SMILES string of the molecule is CC(C)CC(=O)NC(C(=O)Nc1ccc(C(=O)O)c(Cl)c1)C(C)C. The number of carbonyl (C=O) groups is 3. The third-order valence-electron chi connectivity index (χ3n) is 3.33. The molecule has 2 amide bonds. The largest absolute Gasteiger partial charge is 0.478 e. The third-order valence-corrected chi connectivity index (χ3v) is 3.64. The van der Waals surface area contributed by atoms with Crippen molar-refractivity contribution in [1.29, 1.82) is 0 Å². The highest BCUT2D eigenvalue weighted by Gasteiger charge is 2.24. The number of rotatable bonds is 7. The number of carboxylic acids is 1. The fourth-order valence-electron chi connectivity index (χ4n) is 2.12. The Bertz CT molecular complexity index is 629. The van der Waals surface area contributed by atoms with Gasteiger partial charge in [-0.25, -0.2) is 4.79 Å². The number of hydrogen-bond acceptors (Lipinski definition) is 3. The van der Waals surface area contributed by atoms with E-state index in [0.717, 1.165) is 0 Å². The number of amides is 2. The number of nitrogens with one attached hydrogen (secondary N) is 2. The summed E-state index contributed by atoms with van der Waals surface area (Å²) >= 11 is 5.89. The highest BCUT2D eigenvalue weighted by molar-refractivity contribution is 6.33. The molecular formula is C17H23ClN2O4. The molecule has 0 fully saturated rings. The van der Waals surface area contributed by atoms with Gasteiger partial charge in [0.2, 0.25) is 11.8 Å². The Morgan fingerprint density at radius 3 is 2.25 bits per heavy atom. The van der Waals surface area contributed by atoms with Crippen LogP contribution in [0.15, 0.2) is 18.2 Å². The van der Waals surface area contributed by atoms with E-state index >= 15 is 0 Å². The van der Waals surface area contributed by atoms with Crippen molar-refractivity contribution in [3.63, 3.8) is 0 Å².